The van der Waals surface area contributed by atoms with E-state index in [0.29, 0.717) is 5.82 Å². The lowest BCUT2D eigenvalue weighted by molar-refractivity contribution is 0.0587. The van der Waals surface area contributed by atoms with Crippen molar-refractivity contribution < 1.29 is 14.6 Å². The molecule has 1 rings (SSSR count). The second-order valence-corrected chi connectivity index (χ2v) is 3.82. The first-order chi connectivity index (χ1) is 8.77. The van der Waals surface area contributed by atoms with Crippen LogP contribution in [0.15, 0.2) is 12.3 Å². The van der Waals surface area contributed by atoms with Crippen LogP contribution < -0.4 is 5.32 Å². The number of ether oxygens (including phenoxy) is 1. The third-order valence-corrected chi connectivity index (χ3v) is 2.41. The molecule has 6 nitrogen and oxygen atoms in total. The average Bonchev–Trinajstić information content (AvgIpc) is 2.42. The lowest BCUT2D eigenvalue weighted by Gasteiger charge is -2.06. The Kier molecular flexibility index (Phi) is 6.71. The Morgan fingerprint density at radius 1 is 1.39 bits per heavy atom. The first kappa shape index (κ1) is 14.4. The molecule has 0 aliphatic heterocycles. The summed E-state index contributed by atoms with van der Waals surface area (Å²) in [6.45, 7) is 1.03. The molecule has 1 aromatic rings. The van der Waals surface area contributed by atoms with Crippen molar-refractivity contribution in [2.45, 2.75) is 25.7 Å². The third kappa shape index (κ3) is 5.09. The molecular formula is C12H19N3O3. The minimum absolute atomic E-state index is 0.0581. The van der Waals surface area contributed by atoms with Crippen molar-refractivity contribution in [1.82, 2.24) is 9.97 Å². The number of methoxy groups -OCH3 is 1. The zero-order valence-corrected chi connectivity index (χ0v) is 10.6. The number of anilines is 1. The van der Waals surface area contributed by atoms with Crippen LogP contribution in [-0.2, 0) is 4.74 Å². The van der Waals surface area contributed by atoms with Crippen molar-refractivity contribution in [2.24, 2.45) is 0 Å². The molecule has 0 fully saturated rings. The van der Waals surface area contributed by atoms with E-state index in [2.05, 4.69) is 20.0 Å². The van der Waals surface area contributed by atoms with Crippen LogP contribution in [0.5, 0.6) is 0 Å². The number of unbranched alkanes of at least 4 members (excludes halogenated alkanes) is 3. The molecule has 0 spiro atoms. The Morgan fingerprint density at radius 2 is 2.17 bits per heavy atom. The van der Waals surface area contributed by atoms with Crippen LogP contribution in [0.2, 0.25) is 0 Å². The Morgan fingerprint density at radius 3 is 2.89 bits per heavy atom. The van der Waals surface area contributed by atoms with Gasteiger partial charge in [-0.05, 0) is 18.9 Å². The highest BCUT2D eigenvalue weighted by atomic mass is 16.5. The van der Waals surface area contributed by atoms with Crippen molar-refractivity contribution >= 4 is 11.8 Å². The topological polar surface area (TPSA) is 84.3 Å². The highest BCUT2D eigenvalue weighted by molar-refractivity contribution is 5.85. The maximum absolute atomic E-state index is 11.2. The molecule has 18 heavy (non-hydrogen) atoms. The van der Waals surface area contributed by atoms with Gasteiger partial charge < -0.3 is 15.2 Å². The molecule has 0 amide bonds. The van der Waals surface area contributed by atoms with Gasteiger partial charge in [0.25, 0.3) is 0 Å². The summed E-state index contributed by atoms with van der Waals surface area (Å²) in [6.07, 6.45) is 5.45. The summed E-state index contributed by atoms with van der Waals surface area (Å²) in [7, 11) is 1.30. The molecule has 100 valence electrons. The van der Waals surface area contributed by atoms with Gasteiger partial charge in [0.2, 0.25) is 5.82 Å². The van der Waals surface area contributed by atoms with Gasteiger partial charge in [0.1, 0.15) is 5.82 Å². The van der Waals surface area contributed by atoms with Crippen molar-refractivity contribution in [3.05, 3.63) is 18.1 Å². The Hall–Kier alpha value is -1.69. The molecular weight excluding hydrogens is 234 g/mol. The molecule has 0 saturated carbocycles. The molecule has 6 heteroatoms. The van der Waals surface area contributed by atoms with Crippen LogP contribution in [0, 0.1) is 0 Å². The monoisotopic (exact) mass is 253 g/mol. The fourth-order valence-electron chi connectivity index (χ4n) is 1.45. The van der Waals surface area contributed by atoms with Crippen LogP contribution in [0.4, 0.5) is 5.82 Å². The standard InChI is InChI=1S/C12H19N3O3/c1-18-12(17)11-14-8-6-10(15-11)13-7-4-2-3-5-9-16/h6,8,16H,2-5,7,9H2,1H3,(H,13,14,15). The minimum Gasteiger partial charge on any atom is -0.463 e. The third-order valence-electron chi connectivity index (χ3n) is 2.41. The molecule has 0 unspecified atom stereocenters. The second-order valence-electron chi connectivity index (χ2n) is 3.82. The zero-order chi connectivity index (χ0) is 13.2. The molecule has 0 aliphatic carbocycles. The van der Waals surface area contributed by atoms with E-state index in [1.54, 1.807) is 6.07 Å². The highest BCUT2D eigenvalue weighted by Crippen LogP contribution is 2.04. The van der Waals surface area contributed by atoms with Gasteiger partial charge in [-0.2, -0.15) is 0 Å². The SMILES string of the molecule is COC(=O)c1nccc(NCCCCCCO)n1. The van der Waals surface area contributed by atoms with Gasteiger partial charge in [-0.25, -0.2) is 14.8 Å². The number of carbonyl (C=O) groups excluding carboxylic acids is 1. The number of aromatic nitrogens is 2. The van der Waals surface area contributed by atoms with Crippen molar-refractivity contribution in [1.29, 1.82) is 0 Å². The summed E-state index contributed by atoms with van der Waals surface area (Å²) in [5, 5.41) is 11.7. The number of hydrogen-bond acceptors (Lipinski definition) is 6. The molecule has 0 bridgehead atoms. The van der Waals surface area contributed by atoms with E-state index in [4.69, 9.17) is 5.11 Å². The summed E-state index contributed by atoms with van der Waals surface area (Å²) in [5.74, 6) is 0.136. The fraction of sp³-hybridized carbons (Fsp3) is 0.583. The Balaban J connectivity index is 2.32. The first-order valence-corrected chi connectivity index (χ1v) is 6.04. The van der Waals surface area contributed by atoms with E-state index in [-0.39, 0.29) is 12.4 Å². The molecule has 0 aromatic carbocycles. The highest BCUT2D eigenvalue weighted by Gasteiger charge is 2.08. The molecule has 1 heterocycles. The quantitative estimate of drug-likeness (QED) is 0.535. The predicted molar refractivity (Wildman–Crippen MR) is 67.4 cm³/mol. The van der Waals surface area contributed by atoms with Gasteiger partial charge in [0, 0.05) is 19.3 Å². The molecule has 0 saturated heterocycles. The van der Waals surface area contributed by atoms with Gasteiger partial charge in [0.15, 0.2) is 0 Å². The van der Waals surface area contributed by atoms with E-state index in [0.717, 1.165) is 32.2 Å². The smallest absolute Gasteiger partial charge is 0.376 e. The number of hydrogen-bond donors (Lipinski definition) is 2. The molecule has 0 aliphatic rings. The Bertz CT molecular complexity index is 371. The van der Waals surface area contributed by atoms with E-state index in [9.17, 15) is 4.79 Å². The summed E-state index contributed by atoms with van der Waals surface area (Å²) in [4.78, 5) is 19.1. The molecule has 1 aromatic heterocycles. The van der Waals surface area contributed by atoms with E-state index in [1.165, 1.54) is 13.3 Å². The zero-order valence-electron chi connectivity index (χ0n) is 10.6. The van der Waals surface area contributed by atoms with Crippen molar-refractivity contribution in [2.75, 3.05) is 25.6 Å². The van der Waals surface area contributed by atoms with E-state index < -0.39 is 5.97 Å². The first-order valence-electron chi connectivity index (χ1n) is 6.04. The number of aliphatic hydroxyl groups is 1. The molecule has 0 radical (unpaired) electrons. The van der Waals surface area contributed by atoms with E-state index >= 15 is 0 Å². The van der Waals surface area contributed by atoms with Crippen LogP contribution in [-0.4, -0.2) is 41.3 Å². The Labute approximate surface area is 106 Å². The molecule has 2 N–H and O–H groups in total. The number of nitrogens with one attached hydrogen (secondary N) is 1. The number of nitrogens with zero attached hydrogens (tertiary/aromatic N) is 2. The maximum Gasteiger partial charge on any atom is 0.376 e. The number of carbonyl (C=O) groups is 1. The normalized spacial score (nSPS) is 10.1. The van der Waals surface area contributed by atoms with Crippen LogP contribution in [0.25, 0.3) is 0 Å². The van der Waals surface area contributed by atoms with Gasteiger partial charge in [0.05, 0.1) is 7.11 Å². The number of esters is 1. The van der Waals surface area contributed by atoms with E-state index in [1.807, 2.05) is 0 Å². The summed E-state index contributed by atoms with van der Waals surface area (Å²) in [6, 6.07) is 1.71. The van der Waals surface area contributed by atoms with Gasteiger partial charge in [-0.1, -0.05) is 12.8 Å². The largest absolute Gasteiger partial charge is 0.463 e. The van der Waals surface area contributed by atoms with Gasteiger partial charge in [-0.3, -0.25) is 0 Å². The minimum atomic E-state index is -0.540. The van der Waals surface area contributed by atoms with Crippen LogP contribution >= 0.6 is 0 Å². The van der Waals surface area contributed by atoms with Crippen LogP contribution in [0.1, 0.15) is 36.3 Å². The number of rotatable bonds is 8. The van der Waals surface area contributed by atoms with Gasteiger partial charge >= 0.3 is 5.97 Å². The predicted octanol–water partition coefficient (Wildman–Crippen LogP) is 1.23. The second kappa shape index (κ2) is 8.41. The summed E-state index contributed by atoms with van der Waals surface area (Å²) < 4.78 is 4.55. The lowest BCUT2D eigenvalue weighted by Crippen LogP contribution is -2.10. The van der Waals surface area contributed by atoms with Gasteiger partial charge in [-0.15, -0.1) is 0 Å². The average molecular weight is 253 g/mol. The van der Waals surface area contributed by atoms with Crippen molar-refractivity contribution in [3.63, 3.8) is 0 Å². The van der Waals surface area contributed by atoms with Crippen LogP contribution in [0.3, 0.4) is 0 Å². The summed E-state index contributed by atoms with van der Waals surface area (Å²) in [5.41, 5.74) is 0. The maximum atomic E-state index is 11.2. The number of aliphatic hydroxyl groups excluding tert-OH is 1. The van der Waals surface area contributed by atoms with Crippen molar-refractivity contribution in [3.8, 4) is 0 Å². The lowest BCUT2D eigenvalue weighted by atomic mass is 10.2. The fourth-order valence-corrected chi connectivity index (χ4v) is 1.45. The summed E-state index contributed by atoms with van der Waals surface area (Å²) >= 11 is 0. The molecule has 0 atom stereocenters.